The number of carbonyl (C=O) groups is 3. The van der Waals surface area contributed by atoms with Crippen LogP contribution in [-0.4, -0.2) is 87.9 Å². The lowest BCUT2D eigenvalue weighted by Crippen LogP contribution is -2.52. The molecule has 1 aliphatic heterocycles. The fourth-order valence-electron chi connectivity index (χ4n) is 6.91. The van der Waals surface area contributed by atoms with Crippen LogP contribution in [0.4, 0.5) is 16.3 Å². The zero-order valence-electron chi connectivity index (χ0n) is 30.0. The van der Waals surface area contributed by atoms with Gasteiger partial charge >= 0.3 is 6.09 Å². The first kappa shape index (κ1) is 36.4. The van der Waals surface area contributed by atoms with Crippen LogP contribution in [0, 0.1) is 11.8 Å². The molecule has 2 aromatic carbocycles. The summed E-state index contributed by atoms with van der Waals surface area (Å²) in [5, 5.41) is 20.4. The van der Waals surface area contributed by atoms with Gasteiger partial charge in [0.15, 0.2) is 0 Å². The number of pyridine rings is 1. The predicted molar refractivity (Wildman–Crippen MR) is 198 cm³/mol. The van der Waals surface area contributed by atoms with Crippen molar-refractivity contribution in [3.8, 4) is 22.5 Å². The van der Waals surface area contributed by atoms with Gasteiger partial charge in [0.2, 0.25) is 17.6 Å². The van der Waals surface area contributed by atoms with Gasteiger partial charge in [-0.15, -0.1) is 10.2 Å². The molecule has 1 aliphatic carbocycles. The average molecular weight is 709 g/mol. The number of nitrogens with two attached hydrogens (primary N) is 1. The first-order valence-corrected chi connectivity index (χ1v) is 18.0. The van der Waals surface area contributed by atoms with E-state index in [1.165, 1.54) is 0 Å². The highest BCUT2D eigenvalue weighted by molar-refractivity contribution is 6.01. The SMILES string of the molecule is CC(C)(C)OC(=O)NCC1CCC(C(=O)N(c2ccc(-c3nn[nH]n3)cc2)[C@@H](Cc2ccc(-c3ccnc(N4CCNCC4)c3)cc2)C(N)=O)CC1. The number of nitrogens with one attached hydrogen (secondary N) is 3. The summed E-state index contributed by atoms with van der Waals surface area (Å²) in [5.74, 6) is 0.537. The third-order valence-corrected chi connectivity index (χ3v) is 9.66. The monoisotopic (exact) mass is 708 g/mol. The smallest absolute Gasteiger partial charge is 0.407 e. The topological polar surface area (TPSA) is 184 Å². The number of piperazine rings is 1. The highest BCUT2D eigenvalue weighted by Gasteiger charge is 2.36. The van der Waals surface area contributed by atoms with Gasteiger partial charge in [-0.3, -0.25) is 14.5 Å². The average Bonchev–Trinajstić information content (AvgIpc) is 3.70. The van der Waals surface area contributed by atoms with E-state index in [0.717, 1.165) is 61.5 Å². The molecule has 14 nitrogen and oxygen atoms in total. The van der Waals surface area contributed by atoms with E-state index >= 15 is 0 Å². The first-order chi connectivity index (χ1) is 25.0. The Bertz CT molecular complexity index is 1790. The van der Waals surface area contributed by atoms with E-state index in [2.05, 4.69) is 47.2 Å². The van der Waals surface area contributed by atoms with E-state index in [0.29, 0.717) is 36.5 Å². The molecule has 4 aromatic rings. The number of primary amides is 1. The van der Waals surface area contributed by atoms with Gasteiger partial charge in [-0.2, -0.15) is 5.21 Å². The Hall–Kier alpha value is -5.37. The number of hydrogen-bond acceptors (Lipinski definition) is 10. The summed E-state index contributed by atoms with van der Waals surface area (Å²) in [7, 11) is 0. The van der Waals surface area contributed by atoms with Crippen molar-refractivity contribution >= 4 is 29.4 Å². The molecule has 52 heavy (non-hydrogen) atoms. The second-order valence-corrected chi connectivity index (χ2v) is 14.5. The molecule has 3 amide bonds. The highest BCUT2D eigenvalue weighted by Crippen LogP contribution is 2.33. The number of hydrogen-bond donors (Lipinski definition) is 4. The molecule has 0 unspecified atom stereocenters. The van der Waals surface area contributed by atoms with Gasteiger partial charge in [0.05, 0.1) is 0 Å². The molecule has 274 valence electrons. The molecule has 0 bridgehead atoms. The molecular formula is C38H48N10O4. The van der Waals surface area contributed by atoms with Gasteiger partial charge in [-0.05, 0) is 111 Å². The van der Waals surface area contributed by atoms with Gasteiger partial charge in [-0.1, -0.05) is 24.3 Å². The number of aromatic nitrogens is 5. The fraction of sp³-hybridized carbons (Fsp3) is 0.447. The van der Waals surface area contributed by atoms with Gasteiger partial charge in [0, 0.05) is 62.5 Å². The molecular weight excluding hydrogens is 660 g/mol. The molecule has 0 radical (unpaired) electrons. The van der Waals surface area contributed by atoms with Crippen LogP contribution in [0.5, 0.6) is 0 Å². The Labute approximate surface area is 303 Å². The van der Waals surface area contributed by atoms with Gasteiger partial charge in [-0.25, -0.2) is 9.78 Å². The lowest BCUT2D eigenvalue weighted by atomic mass is 9.81. The summed E-state index contributed by atoms with van der Waals surface area (Å²) in [4.78, 5) is 48.4. The van der Waals surface area contributed by atoms with E-state index in [4.69, 9.17) is 10.5 Å². The number of ether oxygens (including phenoxy) is 1. The minimum Gasteiger partial charge on any atom is -0.444 e. The summed E-state index contributed by atoms with van der Waals surface area (Å²) < 4.78 is 5.38. The van der Waals surface area contributed by atoms with E-state index in [-0.39, 0.29) is 24.2 Å². The summed E-state index contributed by atoms with van der Waals surface area (Å²) in [5.41, 5.74) is 9.76. The second-order valence-electron chi connectivity index (χ2n) is 14.5. The van der Waals surface area contributed by atoms with Gasteiger partial charge in [0.1, 0.15) is 17.5 Å². The molecule has 6 rings (SSSR count). The van der Waals surface area contributed by atoms with Crippen molar-refractivity contribution in [2.24, 2.45) is 17.6 Å². The number of H-pyrrole nitrogens is 1. The quantitative estimate of drug-likeness (QED) is 0.177. The van der Waals surface area contributed by atoms with E-state index in [9.17, 15) is 14.4 Å². The third kappa shape index (κ3) is 9.29. The number of carbonyl (C=O) groups excluding carboxylic acids is 3. The fourth-order valence-corrected chi connectivity index (χ4v) is 6.91. The summed E-state index contributed by atoms with van der Waals surface area (Å²) in [6.07, 6.45) is 4.39. The van der Waals surface area contributed by atoms with Crippen LogP contribution < -0.4 is 26.2 Å². The number of nitrogens with zero attached hydrogens (tertiary/aromatic N) is 6. The molecule has 1 saturated heterocycles. The molecule has 2 aliphatic rings. The molecule has 5 N–H and O–H groups in total. The molecule has 2 fully saturated rings. The van der Waals surface area contributed by atoms with Gasteiger partial charge in [0.25, 0.3) is 0 Å². The first-order valence-electron chi connectivity index (χ1n) is 18.0. The standard InChI is InChI=1S/C38H48N10O4/c1-38(2,3)52-37(51)42-24-26-6-10-29(11-7-26)36(50)48(31-14-12-28(13-15-31)35-43-45-46-44-35)32(34(39)49)22-25-4-8-27(9-5-25)30-16-17-41-33(23-30)47-20-18-40-19-21-47/h4-5,8-9,12-17,23,26,29,32,40H,6-7,10-11,18-22,24H2,1-3H3,(H2,39,49)(H,42,51)(H,43,44,45,46)/t26?,29?,32-/m0/s1. The van der Waals surface area contributed by atoms with E-state index in [1.54, 1.807) is 29.2 Å². The van der Waals surface area contributed by atoms with Crippen molar-refractivity contribution in [2.75, 3.05) is 42.5 Å². The van der Waals surface area contributed by atoms with Crippen LogP contribution in [-0.2, 0) is 20.7 Å². The van der Waals surface area contributed by atoms with Crippen molar-refractivity contribution in [3.63, 3.8) is 0 Å². The maximum absolute atomic E-state index is 14.5. The van der Waals surface area contributed by atoms with E-state index in [1.807, 2.05) is 57.3 Å². The Kier molecular flexibility index (Phi) is 11.4. The Morgan fingerprint density at radius 2 is 1.65 bits per heavy atom. The highest BCUT2D eigenvalue weighted by atomic mass is 16.6. The summed E-state index contributed by atoms with van der Waals surface area (Å²) in [6.45, 7) is 9.64. The maximum atomic E-state index is 14.5. The van der Waals surface area contributed by atoms with Crippen LogP contribution in [0.25, 0.3) is 22.5 Å². The molecule has 3 heterocycles. The number of alkyl carbamates (subject to hydrolysis) is 1. The number of benzene rings is 2. The summed E-state index contributed by atoms with van der Waals surface area (Å²) >= 11 is 0. The van der Waals surface area contributed by atoms with Crippen molar-refractivity contribution < 1.29 is 19.1 Å². The lowest BCUT2D eigenvalue weighted by Gasteiger charge is -2.36. The molecule has 0 spiro atoms. The van der Waals surface area contributed by atoms with Crippen molar-refractivity contribution in [1.82, 2.24) is 36.2 Å². The minimum atomic E-state index is -0.929. The number of tetrazole rings is 1. The van der Waals surface area contributed by atoms with Crippen molar-refractivity contribution in [2.45, 2.75) is 64.5 Å². The van der Waals surface area contributed by atoms with Crippen LogP contribution >= 0.6 is 0 Å². The summed E-state index contributed by atoms with van der Waals surface area (Å²) in [6, 6.07) is 18.4. The predicted octanol–water partition coefficient (Wildman–Crippen LogP) is 4.10. The normalized spacial score (nSPS) is 18.3. The molecule has 2 aromatic heterocycles. The number of rotatable bonds is 11. The van der Waals surface area contributed by atoms with Crippen LogP contribution in [0.3, 0.4) is 0 Å². The zero-order chi connectivity index (χ0) is 36.7. The zero-order valence-corrected chi connectivity index (χ0v) is 30.0. The van der Waals surface area contributed by atoms with Crippen LogP contribution in [0.1, 0.15) is 52.0 Å². The number of aromatic amines is 1. The molecule has 1 atom stereocenters. The molecule has 14 heteroatoms. The Balaban J connectivity index is 1.19. The largest absolute Gasteiger partial charge is 0.444 e. The third-order valence-electron chi connectivity index (χ3n) is 9.66. The Morgan fingerprint density at radius 3 is 2.29 bits per heavy atom. The van der Waals surface area contributed by atoms with Crippen LogP contribution in [0.2, 0.25) is 0 Å². The van der Waals surface area contributed by atoms with Crippen LogP contribution in [0.15, 0.2) is 66.9 Å². The van der Waals surface area contributed by atoms with E-state index < -0.39 is 23.6 Å². The van der Waals surface area contributed by atoms with Crippen molar-refractivity contribution in [3.05, 3.63) is 72.4 Å². The maximum Gasteiger partial charge on any atom is 0.407 e. The number of anilines is 2. The van der Waals surface area contributed by atoms with Gasteiger partial charge < -0.3 is 26.0 Å². The number of amides is 3. The van der Waals surface area contributed by atoms with Crippen molar-refractivity contribution in [1.29, 1.82) is 0 Å². The lowest BCUT2D eigenvalue weighted by molar-refractivity contribution is -0.127. The Morgan fingerprint density at radius 1 is 0.962 bits per heavy atom. The minimum absolute atomic E-state index is 0.150. The second kappa shape index (κ2) is 16.3. The molecule has 1 saturated carbocycles.